The smallest absolute Gasteiger partial charge is 0.338 e. The zero-order valence-electron chi connectivity index (χ0n) is 16.0. The number of rotatable bonds is 6. The van der Waals surface area contributed by atoms with Gasteiger partial charge in [-0.1, -0.05) is 12.1 Å². The standard InChI is InChI=1S/C23H26N2O3/c26-21(23-11-17-8-18(12-23)10-19(9-17)13-23)15-28-22(27)20-4-2-16(3-5-20)14-25-7-1-6-24-25/h1-7,17-19H,8-15H2. The summed E-state index contributed by atoms with van der Waals surface area (Å²) in [5.74, 6) is 1.88. The third kappa shape index (κ3) is 3.27. The van der Waals surface area contributed by atoms with E-state index in [9.17, 15) is 9.59 Å². The summed E-state index contributed by atoms with van der Waals surface area (Å²) in [7, 11) is 0. The lowest BCUT2D eigenvalue weighted by Crippen LogP contribution is -2.51. The predicted octanol–water partition coefficient (Wildman–Crippen LogP) is 3.87. The van der Waals surface area contributed by atoms with E-state index in [1.54, 1.807) is 18.3 Å². The van der Waals surface area contributed by atoms with E-state index in [4.69, 9.17) is 4.74 Å². The molecule has 28 heavy (non-hydrogen) atoms. The van der Waals surface area contributed by atoms with Crippen LogP contribution in [0.3, 0.4) is 0 Å². The lowest BCUT2D eigenvalue weighted by molar-refractivity contribution is -0.147. The van der Waals surface area contributed by atoms with Crippen LogP contribution in [0.25, 0.3) is 0 Å². The highest BCUT2D eigenvalue weighted by molar-refractivity contribution is 5.93. The molecule has 1 aromatic heterocycles. The van der Waals surface area contributed by atoms with E-state index in [0.717, 1.165) is 24.8 Å². The minimum atomic E-state index is -0.413. The fourth-order valence-electron chi connectivity index (χ4n) is 6.15. The van der Waals surface area contributed by atoms with Crippen LogP contribution in [0.1, 0.15) is 54.4 Å². The van der Waals surface area contributed by atoms with E-state index in [1.807, 2.05) is 29.1 Å². The van der Waals surface area contributed by atoms with Crippen molar-refractivity contribution in [1.82, 2.24) is 9.78 Å². The molecular weight excluding hydrogens is 352 g/mol. The first-order valence-corrected chi connectivity index (χ1v) is 10.4. The summed E-state index contributed by atoms with van der Waals surface area (Å²) < 4.78 is 7.25. The molecular formula is C23H26N2O3. The summed E-state index contributed by atoms with van der Waals surface area (Å²) >= 11 is 0. The molecule has 0 unspecified atom stereocenters. The molecule has 0 spiro atoms. The highest BCUT2D eigenvalue weighted by Gasteiger charge is 2.54. The van der Waals surface area contributed by atoms with E-state index in [0.29, 0.717) is 29.9 Å². The van der Waals surface area contributed by atoms with Crippen molar-refractivity contribution in [1.29, 1.82) is 0 Å². The number of hydrogen-bond acceptors (Lipinski definition) is 4. The van der Waals surface area contributed by atoms with Crippen LogP contribution < -0.4 is 0 Å². The summed E-state index contributed by atoms with van der Waals surface area (Å²) in [6.07, 6.45) is 10.6. The van der Waals surface area contributed by atoms with Crippen LogP contribution in [-0.4, -0.2) is 28.1 Å². The maximum absolute atomic E-state index is 13.0. The van der Waals surface area contributed by atoms with Gasteiger partial charge < -0.3 is 4.74 Å². The van der Waals surface area contributed by atoms with E-state index in [1.165, 1.54) is 19.3 Å². The maximum atomic E-state index is 13.0. The Morgan fingerprint density at radius 2 is 1.68 bits per heavy atom. The first-order chi connectivity index (χ1) is 13.6. The number of ketones is 1. The topological polar surface area (TPSA) is 61.2 Å². The number of aromatic nitrogens is 2. The lowest BCUT2D eigenvalue weighted by Gasteiger charge is -2.55. The summed E-state index contributed by atoms with van der Waals surface area (Å²) in [5, 5.41) is 4.18. The maximum Gasteiger partial charge on any atom is 0.338 e. The normalized spacial score (nSPS) is 30.4. The molecule has 5 heteroatoms. The summed E-state index contributed by atoms with van der Waals surface area (Å²) in [4.78, 5) is 25.4. The van der Waals surface area contributed by atoms with Gasteiger partial charge in [-0.25, -0.2) is 4.79 Å². The Labute approximate surface area is 165 Å². The Kier molecular flexibility index (Phi) is 4.33. The number of nitrogens with zero attached hydrogens (tertiary/aromatic N) is 2. The fourth-order valence-corrected chi connectivity index (χ4v) is 6.15. The summed E-state index contributed by atoms with van der Waals surface area (Å²) in [6.45, 7) is 0.576. The van der Waals surface area contributed by atoms with Gasteiger partial charge in [-0.15, -0.1) is 0 Å². The highest BCUT2D eigenvalue weighted by atomic mass is 16.5. The molecule has 146 valence electrons. The Bertz CT molecular complexity index is 834. The number of carbonyl (C=O) groups is 2. The molecule has 4 bridgehead atoms. The lowest BCUT2D eigenvalue weighted by atomic mass is 9.48. The van der Waals surface area contributed by atoms with E-state index in [2.05, 4.69) is 5.10 Å². The molecule has 4 fully saturated rings. The van der Waals surface area contributed by atoms with Gasteiger partial charge in [-0.05, 0) is 80.0 Å². The van der Waals surface area contributed by atoms with Crippen molar-refractivity contribution in [3.8, 4) is 0 Å². The van der Waals surface area contributed by atoms with Gasteiger partial charge in [0.1, 0.15) is 0 Å². The van der Waals surface area contributed by atoms with Crippen LogP contribution in [0.2, 0.25) is 0 Å². The van der Waals surface area contributed by atoms with Crippen LogP contribution in [0, 0.1) is 23.2 Å². The number of esters is 1. The van der Waals surface area contributed by atoms with E-state index < -0.39 is 5.97 Å². The molecule has 4 saturated carbocycles. The molecule has 0 aliphatic heterocycles. The third-order valence-electron chi connectivity index (χ3n) is 7.06. The van der Waals surface area contributed by atoms with Crippen molar-refractivity contribution >= 4 is 11.8 Å². The van der Waals surface area contributed by atoms with Crippen molar-refractivity contribution in [2.75, 3.05) is 6.61 Å². The molecule has 5 nitrogen and oxygen atoms in total. The Morgan fingerprint density at radius 3 is 2.25 bits per heavy atom. The summed E-state index contributed by atoms with van der Waals surface area (Å²) in [6, 6.07) is 9.21. The number of benzene rings is 1. The zero-order chi connectivity index (χ0) is 19.1. The number of Topliss-reactive ketones (excluding diaryl/α,β-unsaturated/α-hetero) is 1. The largest absolute Gasteiger partial charge is 0.454 e. The van der Waals surface area contributed by atoms with Crippen LogP contribution in [-0.2, 0) is 16.1 Å². The van der Waals surface area contributed by atoms with Gasteiger partial charge in [-0.2, -0.15) is 5.10 Å². The van der Waals surface area contributed by atoms with Gasteiger partial charge in [0.25, 0.3) is 0 Å². The van der Waals surface area contributed by atoms with E-state index in [-0.39, 0.29) is 17.8 Å². The number of hydrogen-bond donors (Lipinski definition) is 0. The minimum Gasteiger partial charge on any atom is -0.454 e. The van der Waals surface area contributed by atoms with Gasteiger partial charge in [-0.3, -0.25) is 9.48 Å². The fraction of sp³-hybridized carbons (Fsp3) is 0.522. The monoisotopic (exact) mass is 378 g/mol. The van der Waals surface area contributed by atoms with Crippen molar-refractivity contribution in [3.63, 3.8) is 0 Å². The van der Waals surface area contributed by atoms with Crippen LogP contribution in [0.4, 0.5) is 0 Å². The van der Waals surface area contributed by atoms with Crippen LogP contribution in [0.15, 0.2) is 42.7 Å². The van der Waals surface area contributed by atoms with Gasteiger partial charge in [0.15, 0.2) is 12.4 Å². The van der Waals surface area contributed by atoms with Crippen LogP contribution in [0.5, 0.6) is 0 Å². The molecule has 4 aliphatic rings. The molecule has 4 aliphatic carbocycles. The predicted molar refractivity (Wildman–Crippen MR) is 104 cm³/mol. The van der Waals surface area contributed by atoms with Gasteiger partial charge in [0.2, 0.25) is 0 Å². The first-order valence-electron chi connectivity index (χ1n) is 10.4. The molecule has 0 atom stereocenters. The van der Waals surface area contributed by atoms with Gasteiger partial charge in [0, 0.05) is 17.8 Å². The molecule has 2 aromatic rings. The molecule has 1 heterocycles. The first kappa shape index (κ1) is 17.7. The van der Waals surface area contributed by atoms with E-state index >= 15 is 0 Å². The van der Waals surface area contributed by atoms with Crippen molar-refractivity contribution < 1.29 is 14.3 Å². The second-order valence-corrected chi connectivity index (χ2v) is 9.10. The minimum absolute atomic E-state index is 0.0833. The average Bonchev–Trinajstić information content (AvgIpc) is 3.18. The zero-order valence-corrected chi connectivity index (χ0v) is 16.0. The number of ether oxygens (including phenoxy) is 1. The molecule has 0 radical (unpaired) electrons. The third-order valence-corrected chi connectivity index (χ3v) is 7.06. The molecule has 0 N–H and O–H groups in total. The van der Waals surface area contributed by atoms with Gasteiger partial charge in [0.05, 0.1) is 12.1 Å². The Morgan fingerprint density at radius 1 is 1.04 bits per heavy atom. The van der Waals surface area contributed by atoms with Crippen molar-refractivity contribution in [3.05, 3.63) is 53.9 Å². The van der Waals surface area contributed by atoms with Crippen molar-refractivity contribution in [2.45, 2.75) is 45.1 Å². The second kappa shape index (κ2) is 6.87. The highest BCUT2D eigenvalue weighted by Crippen LogP contribution is 2.60. The van der Waals surface area contributed by atoms with Crippen LogP contribution >= 0.6 is 0 Å². The molecule has 6 rings (SSSR count). The Balaban J connectivity index is 1.19. The average molecular weight is 378 g/mol. The van der Waals surface area contributed by atoms with Crippen molar-refractivity contribution in [2.24, 2.45) is 23.2 Å². The molecule has 0 amide bonds. The Hall–Kier alpha value is -2.43. The summed E-state index contributed by atoms with van der Waals surface area (Å²) in [5.41, 5.74) is 1.34. The van der Waals surface area contributed by atoms with Gasteiger partial charge >= 0.3 is 5.97 Å². The quantitative estimate of drug-likeness (QED) is 0.716. The SMILES string of the molecule is O=C(OCC(=O)C12CC3CC(CC(C3)C1)C2)c1ccc(Cn2cccn2)cc1. The molecule has 1 aromatic carbocycles. The number of carbonyl (C=O) groups excluding carboxylic acids is 2. The molecule has 0 saturated heterocycles. The second-order valence-electron chi connectivity index (χ2n) is 9.10.